The predicted octanol–water partition coefficient (Wildman–Crippen LogP) is 1.17. The number of carbonyl (C=O) groups is 2. The molecule has 0 aliphatic carbocycles. The summed E-state index contributed by atoms with van der Waals surface area (Å²) in [5.74, 6) is -0.848. The average molecular weight is 310 g/mol. The molecule has 7 heteroatoms. The van der Waals surface area contributed by atoms with Gasteiger partial charge < -0.3 is 21.1 Å². The van der Waals surface area contributed by atoms with Gasteiger partial charge in [0.2, 0.25) is 5.91 Å². The minimum Gasteiger partial charge on any atom is -0.378 e. The third kappa shape index (κ3) is 2.34. The van der Waals surface area contributed by atoms with Crippen molar-refractivity contribution < 1.29 is 14.7 Å². The van der Waals surface area contributed by atoms with E-state index in [0.717, 1.165) is 12.8 Å². The van der Waals surface area contributed by atoms with Crippen LogP contribution in [0, 0.1) is 0 Å². The van der Waals surface area contributed by atoms with Crippen LogP contribution in [0.5, 0.6) is 0 Å². The maximum atomic E-state index is 11.6. The first-order chi connectivity index (χ1) is 9.99. The molecule has 4 N–H and O–H groups in total. The summed E-state index contributed by atoms with van der Waals surface area (Å²) < 4.78 is 0. The smallest absolute Gasteiger partial charge is 0.257 e. The number of carbonyl (C=O) groups excluding carboxylic acids is 2. The number of aliphatic hydroxyl groups excluding tert-OH is 1. The number of hydrogen-bond donors (Lipinski definition) is 3. The van der Waals surface area contributed by atoms with E-state index in [1.165, 1.54) is 0 Å². The van der Waals surface area contributed by atoms with Crippen LogP contribution in [0.15, 0.2) is 12.1 Å². The zero-order valence-electron chi connectivity index (χ0n) is 11.3. The second-order valence-electron chi connectivity index (χ2n) is 5.39. The average Bonchev–Trinajstić information content (AvgIpc) is 2.73. The van der Waals surface area contributed by atoms with Crippen molar-refractivity contribution in [2.75, 3.05) is 16.8 Å². The molecule has 2 heterocycles. The Morgan fingerprint density at radius 2 is 2.19 bits per heavy atom. The summed E-state index contributed by atoms with van der Waals surface area (Å²) in [6.45, 7) is 0.683. The van der Waals surface area contributed by atoms with Gasteiger partial charge in [0.05, 0.1) is 10.7 Å². The molecule has 112 valence electrons. The van der Waals surface area contributed by atoms with Gasteiger partial charge in [-0.2, -0.15) is 0 Å². The van der Waals surface area contributed by atoms with E-state index in [4.69, 9.17) is 17.3 Å². The van der Waals surface area contributed by atoms with Gasteiger partial charge in [0.25, 0.3) is 5.91 Å². The van der Waals surface area contributed by atoms with E-state index in [-0.39, 0.29) is 5.91 Å². The van der Waals surface area contributed by atoms with E-state index >= 15 is 0 Å². The van der Waals surface area contributed by atoms with Crippen molar-refractivity contribution in [3.63, 3.8) is 0 Å². The Kier molecular flexibility index (Phi) is 3.51. The van der Waals surface area contributed by atoms with Crippen LogP contribution in [0.25, 0.3) is 0 Å². The molecule has 2 unspecified atom stereocenters. The lowest BCUT2D eigenvalue weighted by Crippen LogP contribution is -2.48. The highest BCUT2D eigenvalue weighted by Crippen LogP contribution is 2.40. The van der Waals surface area contributed by atoms with Gasteiger partial charge in [0, 0.05) is 17.8 Å². The summed E-state index contributed by atoms with van der Waals surface area (Å²) in [7, 11) is 0. The molecule has 2 aliphatic rings. The van der Waals surface area contributed by atoms with Crippen molar-refractivity contribution in [3.05, 3.63) is 22.7 Å². The number of hydrogen-bond acceptors (Lipinski definition) is 4. The van der Waals surface area contributed by atoms with E-state index in [9.17, 15) is 14.7 Å². The van der Waals surface area contributed by atoms with Crippen LogP contribution in [0.4, 0.5) is 11.4 Å². The molecule has 2 atom stereocenters. The molecule has 2 amide bonds. The number of aliphatic hydroxyl groups is 1. The third-order valence-corrected chi connectivity index (χ3v) is 4.36. The minimum absolute atomic E-state index is 0.379. The van der Waals surface area contributed by atoms with Crippen LogP contribution in [-0.2, 0) is 9.59 Å². The standard InChI is InChI=1S/C14H16ClN3O3/c15-8-5-7-9(17-14(21)12(7)19)6-11(8)18-4-2-1-3-10(18)13(16)20/h5-6,10,12,19H,1-4H2,(H2,16,20)(H,17,21). The number of primary amides is 1. The molecule has 1 saturated heterocycles. The topological polar surface area (TPSA) is 95.7 Å². The Morgan fingerprint density at radius 3 is 2.90 bits per heavy atom. The molecule has 1 fully saturated rings. The van der Waals surface area contributed by atoms with Gasteiger partial charge in [-0.3, -0.25) is 9.59 Å². The predicted molar refractivity (Wildman–Crippen MR) is 79.2 cm³/mol. The highest BCUT2D eigenvalue weighted by molar-refractivity contribution is 6.33. The Balaban J connectivity index is 2.01. The number of halogens is 1. The fraction of sp³-hybridized carbons (Fsp3) is 0.429. The van der Waals surface area contributed by atoms with Gasteiger partial charge >= 0.3 is 0 Å². The summed E-state index contributed by atoms with van der Waals surface area (Å²) in [6, 6.07) is 2.88. The molecule has 3 rings (SSSR count). The van der Waals surface area contributed by atoms with Crippen LogP contribution in [0.1, 0.15) is 30.9 Å². The second kappa shape index (κ2) is 5.20. The number of anilines is 2. The van der Waals surface area contributed by atoms with Crippen molar-refractivity contribution in [2.24, 2.45) is 5.73 Å². The van der Waals surface area contributed by atoms with E-state index in [0.29, 0.717) is 34.9 Å². The van der Waals surface area contributed by atoms with Crippen molar-refractivity contribution in [1.29, 1.82) is 0 Å². The summed E-state index contributed by atoms with van der Waals surface area (Å²) in [5.41, 5.74) is 7.12. The van der Waals surface area contributed by atoms with E-state index in [2.05, 4.69) is 5.32 Å². The number of nitrogens with one attached hydrogen (secondary N) is 1. The quantitative estimate of drug-likeness (QED) is 0.764. The number of benzene rings is 1. The summed E-state index contributed by atoms with van der Waals surface area (Å²) in [5, 5.41) is 12.8. The third-order valence-electron chi connectivity index (χ3n) is 4.06. The van der Waals surface area contributed by atoms with Crippen LogP contribution in [-0.4, -0.2) is 29.5 Å². The molecule has 2 aliphatic heterocycles. The number of amides is 2. The molecule has 0 bridgehead atoms. The van der Waals surface area contributed by atoms with E-state index < -0.39 is 18.1 Å². The monoisotopic (exact) mass is 309 g/mol. The van der Waals surface area contributed by atoms with Crippen molar-refractivity contribution in [3.8, 4) is 0 Å². The van der Waals surface area contributed by atoms with Gasteiger partial charge in [-0.15, -0.1) is 0 Å². The molecule has 0 saturated carbocycles. The van der Waals surface area contributed by atoms with Gasteiger partial charge in [-0.1, -0.05) is 11.6 Å². The van der Waals surface area contributed by atoms with Crippen LogP contribution >= 0.6 is 11.6 Å². The minimum atomic E-state index is -1.19. The lowest BCUT2D eigenvalue weighted by molar-refractivity contribution is -0.123. The van der Waals surface area contributed by atoms with E-state index in [1.54, 1.807) is 12.1 Å². The first-order valence-electron chi connectivity index (χ1n) is 6.87. The summed E-state index contributed by atoms with van der Waals surface area (Å²) >= 11 is 6.28. The Bertz CT molecular complexity index is 620. The maximum absolute atomic E-state index is 11.6. The molecule has 21 heavy (non-hydrogen) atoms. The molecule has 6 nitrogen and oxygen atoms in total. The van der Waals surface area contributed by atoms with Gasteiger partial charge in [-0.05, 0) is 31.4 Å². The highest BCUT2D eigenvalue weighted by Gasteiger charge is 2.33. The van der Waals surface area contributed by atoms with Crippen LogP contribution in [0.2, 0.25) is 5.02 Å². The molecular weight excluding hydrogens is 294 g/mol. The SMILES string of the molecule is NC(=O)C1CCCCN1c1cc2c(cc1Cl)C(O)C(=O)N2. The molecule has 0 radical (unpaired) electrons. The van der Waals surface area contributed by atoms with Gasteiger partial charge in [-0.25, -0.2) is 0 Å². The zero-order valence-corrected chi connectivity index (χ0v) is 12.1. The lowest BCUT2D eigenvalue weighted by Gasteiger charge is -2.36. The number of nitrogens with two attached hydrogens (primary N) is 1. The van der Waals surface area contributed by atoms with Gasteiger partial charge in [0.1, 0.15) is 6.04 Å². The number of fused-ring (bicyclic) bond motifs is 1. The Morgan fingerprint density at radius 1 is 1.43 bits per heavy atom. The molecule has 0 spiro atoms. The Labute approximate surface area is 126 Å². The lowest BCUT2D eigenvalue weighted by atomic mass is 10.00. The first-order valence-corrected chi connectivity index (χ1v) is 7.25. The fourth-order valence-electron chi connectivity index (χ4n) is 2.99. The highest BCUT2D eigenvalue weighted by atomic mass is 35.5. The Hall–Kier alpha value is -1.79. The zero-order chi connectivity index (χ0) is 15.1. The summed E-state index contributed by atoms with van der Waals surface area (Å²) in [4.78, 5) is 25.0. The first kappa shape index (κ1) is 14.2. The summed E-state index contributed by atoms with van der Waals surface area (Å²) in [6.07, 6.45) is 1.39. The van der Waals surface area contributed by atoms with Crippen molar-refractivity contribution >= 4 is 34.8 Å². The maximum Gasteiger partial charge on any atom is 0.257 e. The second-order valence-corrected chi connectivity index (χ2v) is 5.80. The van der Waals surface area contributed by atoms with E-state index in [1.807, 2.05) is 4.90 Å². The molecule has 1 aromatic rings. The fourth-order valence-corrected chi connectivity index (χ4v) is 3.27. The normalized spacial score (nSPS) is 24.7. The largest absolute Gasteiger partial charge is 0.378 e. The van der Waals surface area contributed by atoms with Crippen LogP contribution in [0.3, 0.4) is 0 Å². The molecular formula is C14H16ClN3O3. The van der Waals surface area contributed by atoms with Gasteiger partial charge in [0.15, 0.2) is 6.10 Å². The molecule has 1 aromatic carbocycles. The van der Waals surface area contributed by atoms with Crippen LogP contribution < -0.4 is 16.0 Å². The number of nitrogens with zero attached hydrogens (tertiary/aromatic N) is 1. The number of piperidine rings is 1. The van der Waals surface area contributed by atoms with Crippen molar-refractivity contribution in [2.45, 2.75) is 31.4 Å². The van der Waals surface area contributed by atoms with Crippen molar-refractivity contribution in [1.82, 2.24) is 0 Å². The number of rotatable bonds is 2. The molecule has 0 aromatic heterocycles.